The van der Waals surface area contributed by atoms with E-state index in [9.17, 15) is 4.79 Å². The molecule has 1 aliphatic carbocycles. The van der Waals surface area contributed by atoms with Crippen molar-refractivity contribution in [3.63, 3.8) is 0 Å². The van der Waals surface area contributed by atoms with Crippen molar-refractivity contribution in [2.75, 3.05) is 19.5 Å². The molecular formula is C16H24N2O3. The van der Waals surface area contributed by atoms with Crippen LogP contribution in [0.3, 0.4) is 0 Å². The standard InChI is InChI=1S/C16H24N2O3/c1-20-14-9-8-12(17)10-15(14)21-11-16(19)18-13-6-4-2-3-5-7-13/h8-10,13H,2-7,11,17H2,1H3,(H,18,19). The van der Waals surface area contributed by atoms with Crippen LogP contribution in [0.15, 0.2) is 18.2 Å². The Morgan fingerprint density at radius 2 is 1.95 bits per heavy atom. The summed E-state index contributed by atoms with van der Waals surface area (Å²) in [4.78, 5) is 12.0. The van der Waals surface area contributed by atoms with Crippen molar-refractivity contribution in [3.05, 3.63) is 18.2 Å². The summed E-state index contributed by atoms with van der Waals surface area (Å²) in [5, 5.41) is 3.05. The first-order valence-corrected chi connectivity index (χ1v) is 7.54. The number of nitrogens with one attached hydrogen (secondary N) is 1. The van der Waals surface area contributed by atoms with Crippen LogP contribution in [-0.2, 0) is 4.79 Å². The van der Waals surface area contributed by atoms with Gasteiger partial charge in [0.25, 0.3) is 5.91 Å². The zero-order chi connectivity index (χ0) is 15.1. The van der Waals surface area contributed by atoms with Gasteiger partial charge in [-0.3, -0.25) is 4.79 Å². The van der Waals surface area contributed by atoms with E-state index in [0.29, 0.717) is 17.2 Å². The zero-order valence-electron chi connectivity index (χ0n) is 12.6. The van der Waals surface area contributed by atoms with Crippen molar-refractivity contribution in [2.24, 2.45) is 0 Å². The number of carbonyl (C=O) groups is 1. The second-order valence-corrected chi connectivity index (χ2v) is 5.45. The molecule has 0 bridgehead atoms. The fraction of sp³-hybridized carbons (Fsp3) is 0.562. The SMILES string of the molecule is COc1ccc(N)cc1OCC(=O)NC1CCCCCC1. The van der Waals surface area contributed by atoms with Crippen molar-refractivity contribution in [2.45, 2.75) is 44.6 Å². The molecule has 21 heavy (non-hydrogen) atoms. The highest BCUT2D eigenvalue weighted by molar-refractivity contribution is 5.78. The van der Waals surface area contributed by atoms with Crippen molar-refractivity contribution in [1.82, 2.24) is 5.32 Å². The van der Waals surface area contributed by atoms with Gasteiger partial charge >= 0.3 is 0 Å². The van der Waals surface area contributed by atoms with Gasteiger partial charge in [0.05, 0.1) is 7.11 Å². The number of carbonyl (C=O) groups excluding carboxylic acids is 1. The molecule has 1 fully saturated rings. The molecule has 0 spiro atoms. The van der Waals surface area contributed by atoms with Crippen LogP contribution in [0.2, 0.25) is 0 Å². The highest BCUT2D eigenvalue weighted by Crippen LogP contribution is 2.28. The lowest BCUT2D eigenvalue weighted by Crippen LogP contribution is -2.37. The number of hydrogen-bond acceptors (Lipinski definition) is 4. The van der Waals surface area contributed by atoms with Gasteiger partial charge in [-0.1, -0.05) is 25.7 Å². The van der Waals surface area contributed by atoms with E-state index in [1.807, 2.05) is 0 Å². The van der Waals surface area contributed by atoms with E-state index in [1.54, 1.807) is 25.3 Å². The number of ether oxygens (including phenoxy) is 2. The van der Waals surface area contributed by atoms with E-state index in [1.165, 1.54) is 25.7 Å². The zero-order valence-corrected chi connectivity index (χ0v) is 12.6. The Kier molecular flexibility index (Phi) is 5.72. The number of benzene rings is 1. The van der Waals surface area contributed by atoms with Crippen molar-refractivity contribution >= 4 is 11.6 Å². The van der Waals surface area contributed by atoms with Crippen LogP contribution in [0.4, 0.5) is 5.69 Å². The van der Waals surface area contributed by atoms with Gasteiger partial charge in [-0.2, -0.15) is 0 Å². The summed E-state index contributed by atoms with van der Waals surface area (Å²) in [5.41, 5.74) is 6.30. The number of rotatable bonds is 5. The lowest BCUT2D eigenvalue weighted by molar-refractivity contribution is -0.123. The third-order valence-corrected chi connectivity index (χ3v) is 3.77. The van der Waals surface area contributed by atoms with Gasteiger partial charge in [-0.25, -0.2) is 0 Å². The lowest BCUT2D eigenvalue weighted by Gasteiger charge is -2.17. The smallest absolute Gasteiger partial charge is 0.258 e. The largest absolute Gasteiger partial charge is 0.493 e. The third-order valence-electron chi connectivity index (χ3n) is 3.77. The lowest BCUT2D eigenvalue weighted by atomic mass is 10.1. The minimum atomic E-state index is -0.0913. The fourth-order valence-corrected chi connectivity index (χ4v) is 2.64. The number of methoxy groups -OCH3 is 1. The summed E-state index contributed by atoms with van der Waals surface area (Å²) < 4.78 is 10.7. The maximum Gasteiger partial charge on any atom is 0.258 e. The molecule has 0 heterocycles. The van der Waals surface area contributed by atoms with Crippen LogP contribution >= 0.6 is 0 Å². The summed E-state index contributed by atoms with van der Waals surface area (Å²) in [6.45, 7) is -0.0175. The molecule has 5 nitrogen and oxygen atoms in total. The average Bonchev–Trinajstić information content (AvgIpc) is 2.74. The number of anilines is 1. The molecule has 0 unspecified atom stereocenters. The molecule has 1 saturated carbocycles. The van der Waals surface area contributed by atoms with Gasteiger partial charge in [-0.05, 0) is 25.0 Å². The second-order valence-electron chi connectivity index (χ2n) is 5.45. The minimum Gasteiger partial charge on any atom is -0.493 e. The van der Waals surface area contributed by atoms with Gasteiger partial charge in [0.15, 0.2) is 18.1 Å². The molecule has 0 saturated heterocycles. The number of hydrogen-bond donors (Lipinski definition) is 2. The maximum absolute atomic E-state index is 12.0. The number of nitrogen functional groups attached to an aromatic ring is 1. The van der Waals surface area contributed by atoms with E-state index in [0.717, 1.165) is 12.8 Å². The van der Waals surface area contributed by atoms with Crippen molar-refractivity contribution in [3.8, 4) is 11.5 Å². The van der Waals surface area contributed by atoms with Gasteiger partial charge in [0, 0.05) is 17.8 Å². The molecule has 2 rings (SSSR count). The predicted octanol–water partition coefficient (Wildman–Crippen LogP) is 2.50. The average molecular weight is 292 g/mol. The summed E-state index contributed by atoms with van der Waals surface area (Å²) >= 11 is 0. The van der Waals surface area contributed by atoms with E-state index >= 15 is 0 Å². The van der Waals surface area contributed by atoms with Gasteiger partial charge in [0.1, 0.15) is 0 Å². The van der Waals surface area contributed by atoms with Crippen LogP contribution in [0.1, 0.15) is 38.5 Å². The summed E-state index contributed by atoms with van der Waals surface area (Å²) in [5.74, 6) is 0.978. The normalized spacial score (nSPS) is 16.0. The molecule has 1 aromatic rings. The fourth-order valence-electron chi connectivity index (χ4n) is 2.64. The monoisotopic (exact) mass is 292 g/mol. The molecule has 1 aliphatic rings. The first kappa shape index (κ1) is 15.5. The third kappa shape index (κ3) is 4.85. The molecule has 0 atom stereocenters. The molecule has 1 aromatic carbocycles. The molecule has 3 N–H and O–H groups in total. The molecule has 116 valence electrons. The topological polar surface area (TPSA) is 73.6 Å². The maximum atomic E-state index is 12.0. The van der Waals surface area contributed by atoms with Crippen molar-refractivity contribution < 1.29 is 14.3 Å². The Morgan fingerprint density at radius 3 is 2.62 bits per heavy atom. The summed E-state index contributed by atoms with van der Waals surface area (Å²) in [6, 6.07) is 5.41. The van der Waals surface area contributed by atoms with Crippen LogP contribution in [0.25, 0.3) is 0 Å². The second kappa shape index (κ2) is 7.76. The summed E-state index contributed by atoms with van der Waals surface area (Å²) in [7, 11) is 1.56. The van der Waals surface area contributed by atoms with Crippen molar-refractivity contribution in [1.29, 1.82) is 0 Å². The molecule has 1 amide bonds. The van der Waals surface area contributed by atoms with Gasteiger partial charge in [0.2, 0.25) is 0 Å². The first-order valence-electron chi connectivity index (χ1n) is 7.54. The predicted molar refractivity (Wildman–Crippen MR) is 82.5 cm³/mol. The minimum absolute atomic E-state index is 0.0175. The first-order chi connectivity index (χ1) is 10.2. The number of nitrogens with two attached hydrogens (primary N) is 1. The van der Waals surface area contributed by atoms with Crippen LogP contribution in [0.5, 0.6) is 11.5 Å². The Hall–Kier alpha value is -1.91. The molecule has 0 radical (unpaired) electrons. The Balaban J connectivity index is 1.84. The molecular weight excluding hydrogens is 268 g/mol. The van der Waals surface area contributed by atoms with Gasteiger partial charge < -0.3 is 20.5 Å². The molecule has 5 heteroatoms. The Labute approximate surface area is 125 Å². The van der Waals surface area contributed by atoms with Crippen LogP contribution in [0, 0.1) is 0 Å². The highest BCUT2D eigenvalue weighted by Gasteiger charge is 2.15. The van der Waals surface area contributed by atoms with Gasteiger partial charge in [-0.15, -0.1) is 0 Å². The Morgan fingerprint density at radius 1 is 1.24 bits per heavy atom. The highest BCUT2D eigenvalue weighted by atomic mass is 16.5. The quantitative estimate of drug-likeness (QED) is 0.646. The number of amides is 1. The van der Waals surface area contributed by atoms with E-state index in [-0.39, 0.29) is 18.6 Å². The van der Waals surface area contributed by atoms with E-state index < -0.39 is 0 Å². The summed E-state index contributed by atoms with van der Waals surface area (Å²) in [6.07, 6.45) is 7.04. The van der Waals surface area contributed by atoms with E-state index in [2.05, 4.69) is 5.32 Å². The molecule has 0 aliphatic heterocycles. The Bertz CT molecular complexity index is 469. The van der Waals surface area contributed by atoms with E-state index in [4.69, 9.17) is 15.2 Å². The molecule has 0 aromatic heterocycles. The van der Waals surface area contributed by atoms with Crippen LogP contribution in [-0.4, -0.2) is 25.7 Å². The van der Waals surface area contributed by atoms with Crippen LogP contribution < -0.4 is 20.5 Å².